The van der Waals surface area contributed by atoms with Gasteiger partial charge in [0.25, 0.3) is 0 Å². The van der Waals surface area contributed by atoms with Crippen LogP contribution >= 0.6 is 22.9 Å². The van der Waals surface area contributed by atoms with Gasteiger partial charge in [-0.05, 0) is 26.1 Å². The number of aryl methyl sites for hydroxylation is 1. The molecule has 1 N–H and O–H groups in total. The van der Waals surface area contributed by atoms with Crippen molar-refractivity contribution in [2.24, 2.45) is 0 Å². The molecule has 0 aromatic carbocycles. The van der Waals surface area contributed by atoms with E-state index >= 15 is 0 Å². The van der Waals surface area contributed by atoms with Gasteiger partial charge in [0.15, 0.2) is 0 Å². The van der Waals surface area contributed by atoms with Crippen LogP contribution in [-0.4, -0.2) is 16.8 Å². The molecule has 0 aliphatic heterocycles. The lowest BCUT2D eigenvalue weighted by molar-refractivity contribution is 0.687. The van der Waals surface area contributed by atoms with Crippen molar-refractivity contribution in [3.8, 4) is 0 Å². The molecule has 0 atom stereocenters. The molecule has 2 heterocycles. The lowest BCUT2D eigenvalue weighted by Gasteiger charge is -1.97. The minimum Gasteiger partial charge on any atom is -0.315 e. The van der Waals surface area contributed by atoms with Crippen LogP contribution in [0.4, 0.5) is 0 Å². The average molecular weight is 256 g/mol. The van der Waals surface area contributed by atoms with Gasteiger partial charge in [0.05, 0.1) is 17.3 Å². The Morgan fingerprint density at radius 2 is 2.19 bits per heavy atom. The molecule has 2 rings (SSSR count). The van der Waals surface area contributed by atoms with Crippen LogP contribution in [0.2, 0.25) is 5.02 Å². The van der Waals surface area contributed by atoms with Crippen molar-refractivity contribution in [3.63, 3.8) is 0 Å². The number of rotatable bonds is 4. The normalized spacial score (nSPS) is 10.9. The summed E-state index contributed by atoms with van der Waals surface area (Å²) >= 11 is 7.76. The Hall–Kier alpha value is -0.840. The summed E-state index contributed by atoms with van der Waals surface area (Å²) < 4.78 is 1.88. The van der Waals surface area contributed by atoms with Gasteiger partial charge in [-0.15, -0.1) is 11.3 Å². The fraction of sp³-hybridized carbons (Fsp3) is 0.364. The van der Waals surface area contributed by atoms with E-state index in [1.807, 2.05) is 24.9 Å². The fourth-order valence-electron chi connectivity index (χ4n) is 1.51. The van der Waals surface area contributed by atoms with Crippen molar-refractivity contribution in [3.05, 3.63) is 38.8 Å². The average Bonchev–Trinajstić information content (AvgIpc) is 2.77. The first-order valence-electron chi connectivity index (χ1n) is 5.11. The summed E-state index contributed by atoms with van der Waals surface area (Å²) in [7, 11) is 1.95. The summed E-state index contributed by atoms with van der Waals surface area (Å²) in [5, 5.41) is 8.21. The number of halogens is 1. The quantitative estimate of drug-likeness (QED) is 0.910. The van der Waals surface area contributed by atoms with Gasteiger partial charge in [0.2, 0.25) is 0 Å². The highest BCUT2D eigenvalue weighted by atomic mass is 35.5. The molecule has 0 saturated carbocycles. The second kappa shape index (κ2) is 4.99. The molecule has 3 nitrogen and oxygen atoms in total. The minimum absolute atomic E-state index is 0.729. The van der Waals surface area contributed by atoms with Crippen LogP contribution in [0.1, 0.15) is 15.4 Å². The van der Waals surface area contributed by atoms with E-state index < -0.39 is 0 Å². The summed E-state index contributed by atoms with van der Waals surface area (Å²) in [4.78, 5) is 2.64. The van der Waals surface area contributed by atoms with Crippen LogP contribution in [0.3, 0.4) is 0 Å². The van der Waals surface area contributed by atoms with Crippen molar-refractivity contribution < 1.29 is 0 Å². The fourth-order valence-corrected chi connectivity index (χ4v) is 2.68. The molecule has 2 aromatic rings. The number of nitrogens with zero attached hydrogens (tertiary/aromatic N) is 2. The number of hydrogen-bond donors (Lipinski definition) is 1. The number of nitrogens with one attached hydrogen (secondary N) is 1. The Kier molecular flexibility index (Phi) is 3.63. The van der Waals surface area contributed by atoms with Gasteiger partial charge in [-0.25, -0.2) is 0 Å². The Morgan fingerprint density at radius 3 is 2.81 bits per heavy atom. The topological polar surface area (TPSA) is 29.9 Å². The molecule has 16 heavy (non-hydrogen) atoms. The van der Waals surface area contributed by atoms with Crippen molar-refractivity contribution >= 4 is 22.9 Å². The molecule has 0 aliphatic carbocycles. The molecule has 2 aromatic heterocycles. The van der Waals surface area contributed by atoms with Crippen molar-refractivity contribution in [2.45, 2.75) is 20.0 Å². The lowest BCUT2D eigenvalue weighted by atomic mass is 10.4. The Balaban J connectivity index is 2.08. The summed E-state index contributed by atoms with van der Waals surface area (Å²) in [6.07, 6.45) is 1.87. The van der Waals surface area contributed by atoms with E-state index in [1.54, 1.807) is 11.3 Å². The van der Waals surface area contributed by atoms with Crippen LogP contribution in [0.5, 0.6) is 0 Å². The SMILES string of the molecule is CNCc1ccc(Cn2cc(Cl)c(C)n2)s1. The largest absolute Gasteiger partial charge is 0.315 e. The number of thiophene rings is 1. The monoisotopic (exact) mass is 255 g/mol. The molecule has 5 heteroatoms. The molecule has 0 saturated heterocycles. The Labute approximate surface area is 104 Å². The maximum atomic E-state index is 5.96. The maximum absolute atomic E-state index is 5.96. The van der Waals surface area contributed by atoms with E-state index in [2.05, 4.69) is 22.5 Å². The van der Waals surface area contributed by atoms with E-state index in [0.717, 1.165) is 23.8 Å². The molecule has 0 spiro atoms. The summed E-state index contributed by atoms with van der Waals surface area (Å²) in [5.41, 5.74) is 0.883. The van der Waals surface area contributed by atoms with Gasteiger partial charge < -0.3 is 5.32 Å². The Morgan fingerprint density at radius 1 is 1.44 bits per heavy atom. The minimum atomic E-state index is 0.729. The third-order valence-corrected chi connectivity index (χ3v) is 3.71. The van der Waals surface area contributed by atoms with E-state index in [9.17, 15) is 0 Å². The molecule has 0 fully saturated rings. The number of aromatic nitrogens is 2. The molecular formula is C11H14ClN3S. The summed E-state index contributed by atoms with van der Waals surface area (Å²) in [6, 6.07) is 4.29. The van der Waals surface area contributed by atoms with E-state index in [1.165, 1.54) is 9.75 Å². The standard InChI is InChI=1S/C11H14ClN3S/c1-8-11(12)7-15(14-8)6-10-4-3-9(16-10)5-13-2/h3-4,7,13H,5-6H2,1-2H3. The van der Waals surface area contributed by atoms with Crippen LogP contribution in [0, 0.1) is 6.92 Å². The van der Waals surface area contributed by atoms with Gasteiger partial charge >= 0.3 is 0 Å². The molecule has 0 amide bonds. The zero-order valence-electron chi connectivity index (χ0n) is 9.33. The van der Waals surface area contributed by atoms with Crippen LogP contribution in [0.15, 0.2) is 18.3 Å². The van der Waals surface area contributed by atoms with Gasteiger partial charge in [-0.1, -0.05) is 11.6 Å². The van der Waals surface area contributed by atoms with Crippen LogP contribution < -0.4 is 5.32 Å². The molecule has 0 bridgehead atoms. The molecular weight excluding hydrogens is 242 g/mol. The lowest BCUT2D eigenvalue weighted by Crippen LogP contribution is -2.02. The zero-order valence-corrected chi connectivity index (χ0v) is 10.9. The first kappa shape index (κ1) is 11.6. The van der Waals surface area contributed by atoms with E-state index in [-0.39, 0.29) is 0 Å². The van der Waals surface area contributed by atoms with Gasteiger partial charge in [-0.2, -0.15) is 5.10 Å². The molecule has 0 aliphatic rings. The highest BCUT2D eigenvalue weighted by molar-refractivity contribution is 7.11. The van der Waals surface area contributed by atoms with Crippen LogP contribution in [0.25, 0.3) is 0 Å². The Bertz CT molecular complexity index is 456. The maximum Gasteiger partial charge on any atom is 0.0815 e. The highest BCUT2D eigenvalue weighted by Crippen LogP contribution is 2.19. The third-order valence-electron chi connectivity index (χ3n) is 2.27. The van der Waals surface area contributed by atoms with Crippen molar-refractivity contribution in [2.75, 3.05) is 7.05 Å². The van der Waals surface area contributed by atoms with Crippen molar-refractivity contribution in [1.29, 1.82) is 0 Å². The first-order chi connectivity index (χ1) is 7.69. The number of hydrogen-bond acceptors (Lipinski definition) is 3. The van der Waals surface area contributed by atoms with Gasteiger partial charge in [0.1, 0.15) is 0 Å². The molecule has 0 radical (unpaired) electrons. The smallest absolute Gasteiger partial charge is 0.0815 e. The zero-order chi connectivity index (χ0) is 11.5. The van der Waals surface area contributed by atoms with Gasteiger partial charge in [-0.3, -0.25) is 4.68 Å². The van der Waals surface area contributed by atoms with Gasteiger partial charge in [0, 0.05) is 22.5 Å². The molecule has 0 unspecified atom stereocenters. The predicted molar refractivity (Wildman–Crippen MR) is 68.2 cm³/mol. The van der Waals surface area contributed by atoms with E-state index in [0.29, 0.717) is 0 Å². The third kappa shape index (κ3) is 2.64. The molecule has 86 valence electrons. The van der Waals surface area contributed by atoms with Crippen molar-refractivity contribution in [1.82, 2.24) is 15.1 Å². The van der Waals surface area contributed by atoms with E-state index in [4.69, 9.17) is 11.6 Å². The predicted octanol–water partition coefficient (Wildman–Crippen LogP) is 2.67. The summed E-state index contributed by atoms with van der Waals surface area (Å²) in [5.74, 6) is 0. The first-order valence-corrected chi connectivity index (χ1v) is 6.30. The second-order valence-corrected chi connectivity index (χ2v) is 5.32. The highest BCUT2D eigenvalue weighted by Gasteiger charge is 2.04. The van der Waals surface area contributed by atoms with Crippen LogP contribution in [-0.2, 0) is 13.1 Å². The second-order valence-electron chi connectivity index (χ2n) is 3.66. The summed E-state index contributed by atoms with van der Waals surface area (Å²) in [6.45, 7) is 3.63.